The quantitative estimate of drug-likeness (QED) is 0.788. The summed E-state index contributed by atoms with van der Waals surface area (Å²) >= 11 is 5.90. The Bertz CT molecular complexity index is 398. The Morgan fingerprint density at radius 3 is 3.00 bits per heavy atom. The molecule has 1 aromatic rings. The normalized spacial score (nSPS) is 19.9. The molecule has 0 bridgehead atoms. The minimum Gasteiger partial charge on any atom is -0.481 e. The molecule has 0 spiro atoms. The lowest BCUT2D eigenvalue weighted by Gasteiger charge is -2.37. The molecular formula is C13H20ClN3O. The summed E-state index contributed by atoms with van der Waals surface area (Å²) in [5.41, 5.74) is 1.02. The molecule has 1 aromatic heterocycles. The molecule has 5 heteroatoms. The second-order valence-corrected chi connectivity index (χ2v) is 5.03. The Morgan fingerprint density at radius 1 is 1.44 bits per heavy atom. The van der Waals surface area contributed by atoms with Crippen LogP contribution in [0.4, 0.5) is 5.82 Å². The lowest BCUT2D eigenvalue weighted by atomic mass is 9.99. The van der Waals surface area contributed by atoms with Crippen molar-refractivity contribution in [3.8, 4) is 5.88 Å². The Morgan fingerprint density at radius 2 is 2.28 bits per heavy atom. The number of hydrogen-bond donors (Lipinski definition) is 0. The van der Waals surface area contributed by atoms with Gasteiger partial charge in [-0.3, -0.25) is 0 Å². The first kappa shape index (κ1) is 13.4. The maximum Gasteiger partial charge on any atom is 0.221 e. The molecule has 0 amide bonds. The molecule has 1 aliphatic heterocycles. The van der Waals surface area contributed by atoms with E-state index in [0.717, 1.165) is 24.3 Å². The molecule has 0 N–H and O–H groups in total. The Balaban J connectivity index is 2.27. The van der Waals surface area contributed by atoms with Crippen molar-refractivity contribution < 1.29 is 4.74 Å². The number of nitrogens with zero attached hydrogens (tertiary/aromatic N) is 3. The SMILES string of the molecule is COc1ncnc(N2CCCCC2CCCl)c1C. The minimum absolute atomic E-state index is 0.495. The van der Waals surface area contributed by atoms with Crippen molar-refractivity contribution in [1.82, 2.24) is 9.97 Å². The van der Waals surface area contributed by atoms with Crippen molar-refractivity contribution in [1.29, 1.82) is 0 Å². The third-order valence-electron chi connectivity index (χ3n) is 3.55. The molecular weight excluding hydrogens is 250 g/mol. The van der Waals surface area contributed by atoms with Crippen LogP contribution in [0.25, 0.3) is 0 Å². The first-order valence-corrected chi connectivity index (χ1v) is 6.99. The van der Waals surface area contributed by atoms with Crippen LogP contribution in [0.3, 0.4) is 0 Å². The van der Waals surface area contributed by atoms with Crippen molar-refractivity contribution in [2.24, 2.45) is 0 Å². The number of piperidine rings is 1. The molecule has 0 radical (unpaired) electrons. The summed E-state index contributed by atoms with van der Waals surface area (Å²) in [5, 5.41) is 0. The van der Waals surface area contributed by atoms with Gasteiger partial charge in [0.1, 0.15) is 12.1 Å². The maximum absolute atomic E-state index is 5.90. The molecule has 18 heavy (non-hydrogen) atoms. The van der Waals surface area contributed by atoms with Crippen molar-refractivity contribution in [2.45, 2.75) is 38.6 Å². The van der Waals surface area contributed by atoms with Gasteiger partial charge >= 0.3 is 0 Å². The number of alkyl halides is 1. The largest absolute Gasteiger partial charge is 0.481 e. The fraction of sp³-hybridized carbons (Fsp3) is 0.692. The summed E-state index contributed by atoms with van der Waals surface area (Å²) < 4.78 is 5.27. The Labute approximate surface area is 113 Å². The highest BCUT2D eigenvalue weighted by Gasteiger charge is 2.25. The first-order valence-electron chi connectivity index (χ1n) is 6.46. The second kappa shape index (κ2) is 6.23. The number of rotatable bonds is 4. The molecule has 1 aliphatic rings. The molecule has 100 valence electrons. The standard InChI is InChI=1S/C13H20ClN3O/c1-10-12(15-9-16-13(10)18-2)17-8-4-3-5-11(17)6-7-14/h9,11H,3-8H2,1-2H3. The van der Waals surface area contributed by atoms with Crippen molar-refractivity contribution in [3.63, 3.8) is 0 Å². The summed E-state index contributed by atoms with van der Waals surface area (Å²) in [5.74, 6) is 2.36. The molecule has 0 aromatic carbocycles. The number of aromatic nitrogens is 2. The van der Waals surface area contributed by atoms with Gasteiger partial charge in [-0.15, -0.1) is 11.6 Å². The highest BCUT2D eigenvalue weighted by atomic mass is 35.5. The van der Waals surface area contributed by atoms with Crippen LogP contribution >= 0.6 is 11.6 Å². The summed E-state index contributed by atoms with van der Waals surface area (Å²) in [7, 11) is 1.64. The Hall–Kier alpha value is -1.03. The number of ether oxygens (including phenoxy) is 1. The van der Waals surface area contributed by atoms with E-state index in [1.54, 1.807) is 13.4 Å². The average Bonchev–Trinajstić information content (AvgIpc) is 2.40. The van der Waals surface area contributed by atoms with Gasteiger partial charge in [-0.25, -0.2) is 9.97 Å². The minimum atomic E-state index is 0.495. The second-order valence-electron chi connectivity index (χ2n) is 4.65. The molecule has 2 heterocycles. The third-order valence-corrected chi connectivity index (χ3v) is 3.76. The van der Waals surface area contributed by atoms with Gasteiger partial charge in [0.15, 0.2) is 0 Å². The zero-order valence-electron chi connectivity index (χ0n) is 11.0. The average molecular weight is 270 g/mol. The number of halogens is 1. The van der Waals surface area contributed by atoms with Crippen LogP contribution in [-0.4, -0.2) is 35.5 Å². The van der Waals surface area contributed by atoms with Gasteiger partial charge in [0, 0.05) is 18.5 Å². The zero-order chi connectivity index (χ0) is 13.0. The molecule has 0 saturated carbocycles. The fourth-order valence-electron chi connectivity index (χ4n) is 2.63. The molecule has 1 atom stereocenters. The highest BCUT2D eigenvalue weighted by molar-refractivity contribution is 6.17. The van der Waals surface area contributed by atoms with Gasteiger partial charge in [-0.05, 0) is 32.6 Å². The van der Waals surface area contributed by atoms with Gasteiger partial charge < -0.3 is 9.64 Å². The molecule has 1 saturated heterocycles. The van der Waals surface area contributed by atoms with Crippen molar-refractivity contribution in [3.05, 3.63) is 11.9 Å². The van der Waals surface area contributed by atoms with E-state index in [2.05, 4.69) is 14.9 Å². The number of anilines is 1. The predicted octanol–water partition coefficient (Wildman–Crippen LogP) is 2.78. The van der Waals surface area contributed by atoms with Gasteiger partial charge in [-0.2, -0.15) is 0 Å². The van der Waals surface area contributed by atoms with Crippen LogP contribution in [-0.2, 0) is 0 Å². The molecule has 4 nitrogen and oxygen atoms in total. The lowest BCUT2D eigenvalue weighted by molar-refractivity contribution is 0.391. The number of hydrogen-bond acceptors (Lipinski definition) is 4. The molecule has 0 aliphatic carbocycles. The smallest absolute Gasteiger partial charge is 0.221 e. The highest BCUT2D eigenvalue weighted by Crippen LogP contribution is 2.30. The monoisotopic (exact) mass is 269 g/mol. The van der Waals surface area contributed by atoms with Crippen LogP contribution in [0.1, 0.15) is 31.2 Å². The molecule has 2 rings (SSSR count). The number of methoxy groups -OCH3 is 1. The third kappa shape index (κ3) is 2.69. The van der Waals surface area contributed by atoms with Crippen LogP contribution in [0.15, 0.2) is 6.33 Å². The zero-order valence-corrected chi connectivity index (χ0v) is 11.8. The van der Waals surface area contributed by atoms with Gasteiger partial charge in [0.2, 0.25) is 5.88 Å². The fourth-order valence-corrected chi connectivity index (χ4v) is 2.88. The van der Waals surface area contributed by atoms with Crippen LogP contribution < -0.4 is 9.64 Å². The van der Waals surface area contributed by atoms with E-state index in [9.17, 15) is 0 Å². The van der Waals surface area contributed by atoms with E-state index in [4.69, 9.17) is 16.3 Å². The van der Waals surface area contributed by atoms with Crippen LogP contribution in [0.5, 0.6) is 5.88 Å². The summed E-state index contributed by atoms with van der Waals surface area (Å²) in [6.07, 6.45) is 6.27. The van der Waals surface area contributed by atoms with Crippen molar-refractivity contribution in [2.75, 3.05) is 24.4 Å². The van der Waals surface area contributed by atoms with E-state index in [0.29, 0.717) is 17.8 Å². The molecule has 1 fully saturated rings. The first-order chi connectivity index (χ1) is 8.77. The molecule has 1 unspecified atom stereocenters. The van der Waals surface area contributed by atoms with Crippen LogP contribution in [0, 0.1) is 6.92 Å². The van der Waals surface area contributed by atoms with Crippen molar-refractivity contribution >= 4 is 17.4 Å². The predicted molar refractivity (Wildman–Crippen MR) is 73.6 cm³/mol. The van der Waals surface area contributed by atoms with Crippen LogP contribution in [0.2, 0.25) is 0 Å². The van der Waals surface area contributed by atoms with E-state index < -0.39 is 0 Å². The lowest BCUT2D eigenvalue weighted by Crippen LogP contribution is -2.40. The Kier molecular flexibility index (Phi) is 4.64. The van der Waals surface area contributed by atoms with E-state index in [1.165, 1.54) is 19.3 Å². The topological polar surface area (TPSA) is 38.3 Å². The summed E-state index contributed by atoms with van der Waals surface area (Å²) in [6, 6.07) is 0.495. The van der Waals surface area contributed by atoms with E-state index >= 15 is 0 Å². The van der Waals surface area contributed by atoms with Gasteiger partial charge in [-0.1, -0.05) is 0 Å². The van der Waals surface area contributed by atoms with E-state index in [-0.39, 0.29) is 0 Å². The van der Waals surface area contributed by atoms with Gasteiger partial charge in [0.05, 0.1) is 12.7 Å². The summed E-state index contributed by atoms with van der Waals surface area (Å²) in [6.45, 7) is 3.06. The van der Waals surface area contributed by atoms with E-state index in [1.807, 2.05) is 6.92 Å². The van der Waals surface area contributed by atoms with Gasteiger partial charge in [0.25, 0.3) is 0 Å². The maximum atomic E-state index is 5.90. The summed E-state index contributed by atoms with van der Waals surface area (Å²) in [4.78, 5) is 10.9.